The molecule has 0 unspecified atom stereocenters. The zero-order valence-electron chi connectivity index (χ0n) is 14.1. The minimum Gasteiger partial charge on any atom is -0.393 e. The molecule has 0 aliphatic carbocycles. The zero-order valence-corrected chi connectivity index (χ0v) is 14.1. The summed E-state index contributed by atoms with van der Waals surface area (Å²) < 4.78 is 32.9. The molecule has 0 bridgehead atoms. The van der Waals surface area contributed by atoms with E-state index in [0.717, 1.165) is 6.07 Å². The number of rotatable bonds is 6. The molecule has 1 heterocycles. The summed E-state index contributed by atoms with van der Waals surface area (Å²) in [6, 6.07) is 3.35. The van der Waals surface area contributed by atoms with E-state index in [9.17, 15) is 18.7 Å². The smallest absolute Gasteiger partial charge is 0.230 e. The van der Waals surface area contributed by atoms with Crippen molar-refractivity contribution < 1.29 is 23.4 Å². The third kappa shape index (κ3) is 4.30. The largest absolute Gasteiger partial charge is 0.393 e. The van der Waals surface area contributed by atoms with Gasteiger partial charge >= 0.3 is 0 Å². The van der Waals surface area contributed by atoms with Crippen LogP contribution in [0.1, 0.15) is 38.7 Å². The van der Waals surface area contributed by atoms with Gasteiger partial charge in [0.1, 0.15) is 11.6 Å². The molecule has 1 aliphatic heterocycles. The number of hydrogen-bond donors (Lipinski definition) is 2. The second-order valence-corrected chi connectivity index (χ2v) is 6.72. The van der Waals surface area contributed by atoms with Crippen LogP contribution in [0.4, 0.5) is 8.78 Å². The first kappa shape index (κ1) is 18.8. The number of aliphatic hydroxyl groups is 1. The predicted molar refractivity (Wildman–Crippen MR) is 86.6 cm³/mol. The molecule has 24 heavy (non-hydrogen) atoms. The van der Waals surface area contributed by atoms with Crippen LogP contribution in [0.3, 0.4) is 0 Å². The second-order valence-electron chi connectivity index (χ2n) is 6.72. The third-order valence-corrected chi connectivity index (χ3v) is 4.58. The van der Waals surface area contributed by atoms with E-state index >= 15 is 0 Å². The van der Waals surface area contributed by atoms with Crippen LogP contribution in [0, 0.1) is 17.6 Å². The number of aliphatic hydroxyl groups excluding tert-OH is 1. The van der Waals surface area contributed by atoms with Gasteiger partial charge in [-0.3, -0.25) is 4.79 Å². The molecule has 1 amide bonds. The maximum absolute atomic E-state index is 14.3. The molecule has 0 aromatic heterocycles. The lowest BCUT2D eigenvalue weighted by Crippen LogP contribution is -2.49. The molecule has 1 aliphatic rings. The summed E-state index contributed by atoms with van der Waals surface area (Å²) in [5, 5.41) is 12.3. The van der Waals surface area contributed by atoms with Crippen LogP contribution in [-0.2, 0) is 14.9 Å². The second kappa shape index (κ2) is 8.03. The number of amides is 1. The fraction of sp³-hybridized carbons (Fsp3) is 0.611. The quantitative estimate of drug-likeness (QED) is 0.836. The van der Waals surface area contributed by atoms with E-state index in [-0.39, 0.29) is 17.4 Å². The Morgan fingerprint density at radius 1 is 1.33 bits per heavy atom. The Balaban J connectivity index is 2.19. The SMILES string of the molecule is C[C@H](CNC(=O)C1(c2ccc(F)cc2F)CCOCC1)C[C@@H](C)O. The maximum atomic E-state index is 14.3. The highest BCUT2D eigenvalue weighted by atomic mass is 19.1. The number of hydrogen-bond acceptors (Lipinski definition) is 3. The van der Waals surface area contributed by atoms with Crippen molar-refractivity contribution in [3.05, 3.63) is 35.4 Å². The van der Waals surface area contributed by atoms with Gasteiger partial charge in [0.2, 0.25) is 5.91 Å². The van der Waals surface area contributed by atoms with E-state index in [2.05, 4.69) is 5.32 Å². The van der Waals surface area contributed by atoms with Gasteiger partial charge in [-0.2, -0.15) is 0 Å². The topological polar surface area (TPSA) is 58.6 Å². The van der Waals surface area contributed by atoms with E-state index in [1.165, 1.54) is 12.1 Å². The van der Waals surface area contributed by atoms with E-state index in [0.29, 0.717) is 39.0 Å². The summed E-state index contributed by atoms with van der Waals surface area (Å²) in [6.07, 6.45) is 0.836. The molecular weight excluding hydrogens is 316 g/mol. The zero-order chi connectivity index (χ0) is 17.7. The van der Waals surface area contributed by atoms with Crippen molar-refractivity contribution in [2.24, 2.45) is 5.92 Å². The van der Waals surface area contributed by atoms with E-state index in [1.807, 2.05) is 6.92 Å². The average Bonchev–Trinajstić information content (AvgIpc) is 2.52. The van der Waals surface area contributed by atoms with Crippen molar-refractivity contribution in [2.75, 3.05) is 19.8 Å². The molecule has 0 saturated carbocycles. The average molecular weight is 341 g/mol. The predicted octanol–water partition coefficient (Wildman–Crippen LogP) is 2.54. The van der Waals surface area contributed by atoms with E-state index in [4.69, 9.17) is 4.74 Å². The highest BCUT2D eigenvalue weighted by Crippen LogP contribution is 2.37. The monoisotopic (exact) mass is 341 g/mol. The highest BCUT2D eigenvalue weighted by Gasteiger charge is 2.43. The Labute approximate surface area is 141 Å². The molecule has 1 aromatic rings. The van der Waals surface area contributed by atoms with Gasteiger partial charge in [0, 0.05) is 31.4 Å². The summed E-state index contributed by atoms with van der Waals surface area (Å²) in [6.45, 7) is 4.74. The van der Waals surface area contributed by atoms with Crippen molar-refractivity contribution in [3.8, 4) is 0 Å². The molecule has 2 atom stereocenters. The first-order chi connectivity index (χ1) is 11.3. The Morgan fingerprint density at radius 2 is 2.00 bits per heavy atom. The lowest BCUT2D eigenvalue weighted by molar-refractivity contribution is -0.130. The van der Waals surface area contributed by atoms with Gasteiger partial charge in [0.15, 0.2) is 0 Å². The third-order valence-electron chi connectivity index (χ3n) is 4.58. The van der Waals surface area contributed by atoms with Crippen molar-refractivity contribution in [3.63, 3.8) is 0 Å². The fourth-order valence-electron chi connectivity index (χ4n) is 3.32. The fourth-order valence-corrected chi connectivity index (χ4v) is 3.32. The summed E-state index contributed by atoms with van der Waals surface area (Å²) in [5.41, 5.74) is -0.825. The van der Waals surface area contributed by atoms with Gasteiger partial charge in [0.05, 0.1) is 11.5 Å². The summed E-state index contributed by atoms with van der Waals surface area (Å²) >= 11 is 0. The lowest BCUT2D eigenvalue weighted by atomic mass is 9.73. The van der Waals surface area contributed by atoms with Crippen LogP contribution in [-0.4, -0.2) is 36.9 Å². The molecule has 0 spiro atoms. The minimum atomic E-state index is -1.04. The van der Waals surface area contributed by atoms with Crippen LogP contribution in [0.25, 0.3) is 0 Å². The Hall–Kier alpha value is -1.53. The van der Waals surface area contributed by atoms with Gasteiger partial charge < -0.3 is 15.2 Å². The lowest BCUT2D eigenvalue weighted by Gasteiger charge is -2.36. The number of ether oxygens (including phenoxy) is 1. The number of carbonyl (C=O) groups excluding carboxylic acids is 1. The number of carbonyl (C=O) groups is 1. The van der Waals surface area contributed by atoms with Crippen molar-refractivity contribution >= 4 is 5.91 Å². The molecule has 1 saturated heterocycles. The minimum absolute atomic E-state index is 0.101. The highest BCUT2D eigenvalue weighted by molar-refractivity contribution is 5.88. The molecule has 2 N–H and O–H groups in total. The number of halogens is 2. The van der Waals surface area contributed by atoms with Gasteiger partial charge in [-0.05, 0) is 38.2 Å². The normalized spacial score (nSPS) is 19.5. The standard InChI is InChI=1S/C18H25F2NO3/c1-12(9-13(2)22)11-21-17(23)18(5-7-24-8-6-18)15-4-3-14(19)10-16(15)20/h3-4,10,12-13,22H,5-9,11H2,1-2H3,(H,21,23)/t12-,13+/m0/s1. The van der Waals surface area contributed by atoms with Crippen LogP contribution in [0.15, 0.2) is 18.2 Å². The van der Waals surface area contributed by atoms with Crippen LogP contribution in [0.2, 0.25) is 0 Å². The number of benzene rings is 1. The molecular formula is C18H25F2NO3. The molecule has 6 heteroatoms. The van der Waals surface area contributed by atoms with Crippen molar-refractivity contribution in [1.82, 2.24) is 5.32 Å². The first-order valence-corrected chi connectivity index (χ1v) is 8.35. The summed E-state index contributed by atoms with van der Waals surface area (Å²) in [5.74, 6) is -1.54. The van der Waals surface area contributed by atoms with E-state index < -0.39 is 23.2 Å². The molecule has 1 fully saturated rings. The molecule has 4 nitrogen and oxygen atoms in total. The summed E-state index contributed by atoms with van der Waals surface area (Å²) in [4.78, 5) is 12.9. The Morgan fingerprint density at radius 3 is 2.58 bits per heavy atom. The molecule has 134 valence electrons. The molecule has 0 radical (unpaired) electrons. The van der Waals surface area contributed by atoms with Crippen molar-refractivity contribution in [1.29, 1.82) is 0 Å². The Kier molecular flexibility index (Phi) is 6.29. The number of nitrogens with one attached hydrogen (secondary N) is 1. The Bertz CT molecular complexity index is 571. The van der Waals surface area contributed by atoms with Crippen LogP contribution in [0.5, 0.6) is 0 Å². The van der Waals surface area contributed by atoms with Gasteiger partial charge in [-0.25, -0.2) is 8.78 Å². The van der Waals surface area contributed by atoms with Crippen LogP contribution < -0.4 is 5.32 Å². The summed E-state index contributed by atoms with van der Waals surface area (Å²) in [7, 11) is 0. The maximum Gasteiger partial charge on any atom is 0.230 e. The molecule has 2 rings (SSSR count). The van der Waals surface area contributed by atoms with Crippen LogP contribution >= 0.6 is 0 Å². The van der Waals surface area contributed by atoms with E-state index in [1.54, 1.807) is 6.92 Å². The first-order valence-electron chi connectivity index (χ1n) is 8.35. The van der Waals surface area contributed by atoms with Crippen molar-refractivity contribution in [2.45, 2.75) is 44.6 Å². The van der Waals surface area contributed by atoms with Gasteiger partial charge in [0.25, 0.3) is 0 Å². The molecule has 1 aromatic carbocycles. The van der Waals surface area contributed by atoms with Gasteiger partial charge in [-0.1, -0.05) is 13.0 Å². The van der Waals surface area contributed by atoms with Gasteiger partial charge in [-0.15, -0.1) is 0 Å².